The first-order valence-corrected chi connectivity index (χ1v) is 28.4. The van der Waals surface area contributed by atoms with Gasteiger partial charge in [0.05, 0.1) is 0 Å². The molecule has 0 aliphatic rings. The molecule has 0 aliphatic heterocycles. The van der Waals surface area contributed by atoms with Gasteiger partial charge in [-0.15, -0.1) is 48.5 Å². The van der Waals surface area contributed by atoms with Crippen LogP contribution in [0, 0.1) is 95.9 Å². The van der Waals surface area contributed by atoms with Crippen molar-refractivity contribution in [2.24, 2.45) is 0 Å². The second-order valence-electron chi connectivity index (χ2n) is 17.6. The van der Waals surface area contributed by atoms with Crippen LogP contribution < -0.4 is 0 Å². The van der Waals surface area contributed by atoms with Crippen LogP contribution in [0.3, 0.4) is 0 Å². The van der Waals surface area contributed by atoms with Crippen LogP contribution in [0.5, 0.6) is 0 Å². The number of nitrogens with zero attached hydrogens (tertiary/aromatic N) is 20. The third kappa shape index (κ3) is 31.7. The Morgan fingerprint density at radius 3 is 0.360 bits per heavy atom. The molecule has 8 aromatic heterocycles. The number of hydrogen-bond acceptors (Lipinski definition) is 12. The van der Waals surface area contributed by atoms with Crippen LogP contribution in [-0.2, 0) is 80.4 Å². The van der Waals surface area contributed by atoms with Crippen molar-refractivity contribution in [2.45, 2.75) is 0 Å². The summed E-state index contributed by atoms with van der Waals surface area (Å²) in [6.45, 7) is 19.0. The first-order valence-electron chi connectivity index (χ1n) is 28.4. The van der Waals surface area contributed by atoms with Gasteiger partial charge in [0.1, 0.15) is 0 Å². The Morgan fingerprint density at radius 1 is 0.180 bits per heavy atom. The summed E-state index contributed by atoms with van der Waals surface area (Å²) in [6.07, 6.45) is 29.2. The van der Waals surface area contributed by atoms with Crippen molar-refractivity contribution in [3.05, 3.63) is 417 Å². The van der Waals surface area contributed by atoms with E-state index >= 15 is 0 Å². The zero-order valence-corrected chi connectivity index (χ0v) is 62.2. The maximum atomic E-state index is 6.25. The van der Waals surface area contributed by atoms with E-state index in [9.17, 15) is 0 Å². The maximum absolute atomic E-state index is 6.25. The van der Waals surface area contributed by atoms with Crippen LogP contribution in [-0.4, -0.2) is 78.2 Å². The maximum Gasteiger partial charge on any atom is 0.0493 e. The van der Waals surface area contributed by atoms with E-state index in [0.717, 1.165) is 45.5 Å². The minimum atomic E-state index is 0. The molecule has 0 fully saturated rings. The third-order valence-corrected chi connectivity index (χ3v) is 11.6. The van der Waals surface area contributed by atoms with Crippen LogP contribution >= 0.6 is 0 Å². The first kappa shape index (κ1) is 86.0. The summed E-state index contributed by atoms with van der Waals surface area (Å²) >= 11 is 0. The van der Waals surface area contributed by atoms with Crippen molar-refractivity contribution < 1.29 is 80.4 Å². The predicted octanol–water partition coefficient (Wildman–Crippen LogP) is 13.8. The van der Waals surface area contributed by atoms with Crippen molar-refractivity contribution in [3.8, 4) is 45.5 Å². The molecule has 100 heavy (non-hydrogen) atoms. The van der Waals surface area contributed by atoms with E-state index in [1.165, 1.54) is 0 Å². The Bertz CT molecular complexity index is 3540. The van der Waals surface area contributed by atoms with Crippen molar-refractivity contribution in [1.82, 2.24) is 78.2 Å². The van der Waals surface area contributed by atoms with Crippen molar-refractivity contribution in [2.75, 3.05) is 0 Å². The Morgan fingerprint density at radius 2 is 0.290 bits per heavy atom. The van der Waals surface area contributed by atoms with Gasteiger partial charge in [-0.25, -0.2) is 0 Å². The fourth-order valence-corrected chi connectivity index (χ4v) is 7.50. The number of para-hydroxylation sites is 8. The number of aromatic nitrogens is 16. The first-order chi connectivity index (χ1) is 47.7. The van der Waals surface area contributed by atoms with E-state index in [0.29, 0.717) is 0 Å². The molecule has 0 spiro atoms. The second-order valence-corrected chi connectivity index (χ2v) is 17.6. The summed E-state index contributed by atoms with van der Waals surface area (Å²) in [6, 6.07) is 102. The van der Waals surface area contributed by atoms with Crippen molar-refractivity contribution >= 4 is 0 Å². The minimum Gasteiger partial charge on any atom is -0.512 e. The molecule has 0 amide bonds. The van der Waals surface area contributed by atoms with E-state index in [-0.39, 0.29) is 80.4 Å². The van der Waals surface area contributed by atoms with Gasteiger partial charge in [-0.1, -0.05) is 0 Å². The smallest absolute Gasteiger partial charge is 0.0493 e. The van der Waals surface area contributed by atoms with Gasteiger partial charge in [0.25, 0.3) is 0 Å². The molecule has 16 aromatic rings. The van der Waals surface area contributed by atoms with Crippen LogP contribution in [0.25, 0.3) is 45.5 Å². The average Bonchev–Trinajstić information content (AvgIpc) is 1.95. The molecule has 16 rings (SSSR count). The molecule has 4 radical (unpaired) electrons. The zero-order chi connectivity index (χ0) is 68.1. The van der Waals surface area contributed by atoms with Gasteiger partial charge in [0.2, 0.25) is 0 Å². The largest absolute Gasteiger partial charge is 0.512 e. The molecule has 0 atom stereocenters. The van der Waals surface area contributed by atoms with Gasteiger partial charge in [-0.2, -0.15) is 235 Å². The Kier molecular flexibility index (Phi) is 47.4. The van der Waals surface area contributed by atoms with E-state index in [1.54, 1.807) is 87.0 Å². The van der Waals surface area contributed by atoms with Gasteiger partial charge in [-0.3, -0.25) is 37.5 Å². The fraction of sp³-hybridized carbons (Fsp3) is 0. The molecule has 8 heterocycles. The summed E-state index contributed by atoms with van der Waals surface area (Å²) < 4.78 is 14.2. The summed E-state index contributed by atoms with van der Waals surface area (Å²) in [5.74, 6) is 0. The fourth-order valence-electron chi connectivity index (χ4n) is 7.50. The molecule has 0 unspecified atom stereocenters. The Labute approximate surface area is 636 Å². The molecule has 0 saturated heterocycles. The van der Waals surface area contributed by atoms with Gasteiger partial charge >= 0.3 is 0 Å². The van der Waals surface area contributed by atoms with Crippen LogP contribution in [0.1, 0.15) is 0 Å². The normalized spacial score (nSPS) is 8.72. The van der Waals surface area contributed by atoms with E-state index < -0.39 is 0 Å². The van der Waals surface area contributed by atoms with Crippen molar-refractivity contribution in [3.63, 3.8) is 0 Å². The molecule has 0 N–H and O–H groups in total. The molecule has 0 bridgehead atoms. The standard InChI is InChI=1S/8C9H7N2.4CN.4Ir/c8*1-2-5-9(6-3-1)11-8-4-7-10-11;4*1-2;;;;/h8*1-5,7-8H;;;;;;;;/q12*-1;;;;. The molecule has 8 aromatic carbocycles. The zero-order valence-electron chi connectivity index (χ0n) is 52.6. The monoisotopic (exact) mass is 2020 g/mol. The van der Waals surface area contributed by atoms with E-state index in [2.05, 4.69) is 89.3 Å². The Balaban J connectivity index is 0.000000560. The summed E-state index contributed by atoms with van der Waals surface area (Å²) in [7, 11) is 0. The molecular weight excluding hydrogens is 1960 g/mol. The summed E-state index contributed by atoms with van der Waals surface area (Å²) in [4.78, 5) is 0. The third-order valence-electron chi connectivity index (χ3n) is 11.6. The molecular formula is C76H56Ir4N20-12. The summed E-state index contributed by atoms with van der Waals surface area (Å²) in [5.41, 5.74) is 7.76. The van der Waals surface area contributed by atoms with Gasteiger partial charge < -0.3 is 47.3 Å². The Hall–Kier alpha value is -12.0. The van der Waals surface area contributed by atoms with Crippen LogP contribution in [0.15, 0.2) is 342 Å². The molecule has 20 nitrogen and oxygen atoms in total. The second kappa shape index (κ2) is 55.2. The number of rotatable bonds is 8. The van der Waals surface area contributed by atoms with Crippen molar-refractivity contribution in [1.29, 1.82) is 21.0 Å². The average molecular weight is 2020 g/mol. The molecule has 0 saturated carbocycles. The minimum absolute atomic E-state index is 0. The predicted molar refractivity (Wildman–Crippen MR) is 359 cm³/mol. The number of hydrogen-bond donors (Lipinski definition) is 0. The van der Waals surface area contributed by atoms with E-state index in [1.807, 2.05) is 292 Å². The van der Waals surface area contributed by atoms with Gasteiger partial charge in [0, 0.05) is 180 Å². The molecule has 508 valence electrons. The summed E-state index contributed by atoms with van der Waals surface area (Å²) in [5, 5.41) is 57.6. The van der Waals surface area contributed by atoms with Crippen LogP contribution in [0.4, 0.5) is 0 Å². The van der Waals surface area contributed by atoms with Gasteiger partial charge in [-0.05, 0) is 94.0 Å². The molecule has 24 heteroatoms. The topological polar surface area (TPSA) is 238 Å². The quantitative estimate of drug-likeness (QED) is 0.129. The SMILES string of the molecule is [C-]#N.[C-]#N.[C-]#N.[C-]#N.[Ir].[Ir].[Ir].[Ir].[c-]1ccccc1-n1cccn1.[c-]1ccccc1-n1cccn1.[c-]1ccccc1-n1cccn1.[c-]1ccccc1-n1cccn1.[c-]1ccccc1-n1cccn1.[c-]1ccccc1-n1cccn1.[c-]1ccccc1-n1cccn1.[c-]1ccccc1-n1cccn1. The van der Waals surface area contributed by atoms with E-state index in [4.69, 9.17) is 47.3 Å². The van der Waals surface area contributed by atoms with Crippen LogP contribution in [0.2, 0.25) is 0 Å². The number of benzene rings is 8. The molecule has 0 aliphatic carbocycles. The van der Waals surface area contributed by atoms with Gasteiger partial charge in [0.15, 0.2) is 0 Å².